The van der Waals surface area contributed by atoms with Crippen molar-refractivity contribution >= 4 is 11.6 Å². The van der Waals surface area contributed by atoms with E-state index in [9.17, 15) is 0 Å². The van der Waals surface area contributed by atoms with Gasteiger partial charge in [-0.1, -0.05) is 11.3 Å². The maximum absolute atomic E-state index is 5.74. The molecule has 0 bridgehead atoms. The quantitative estimate of drug-likeness (QED) is 0.581. The van der Waals surface area contributed by atoms with Crippen molar-refractivity contribution in [3.63, 3.8) is 0 Å². The zero-order valence-electron chi connectivity index (χ0n) is 12.0. The first-order chi connectivity index (χ1) is 9.69. The van der Waals surface area contributed by atoms with E-state index in [1.54, 1.807) is 0 Å². The van der Waals surface area contributed by atoms with Crippen LogP contribution >= 0.6 is 11.6 Å². The topological polar surface area (TPSA) is 39.9 Å². The van der Waals surface area contributed by atoms with Gasteiger partial charge in [0.15, 0.2) is 0 Å². The molecule has 5 heteroatoms. The van der Waals surface area contributed by atoms with Crippen LogP contribution in [0.25, 0.3) is 0 Å². The Morgan fingerprint density at radius 1 is 1.25 bits per heavy atom. The summed E-state index contributed by atoms with van der Waals surface area (Å²) in [6, 6.07) is 6.17. The SMILES string of the molecule is Cc1ccc(OCCCn2cc(CCCl)nn2)cc1C. The number of aryl methyl sites for hydroxylation is 4. The van der Waals surface area contributed by atoms with Crippen LogP contribution in [0.5, 0.6) is 5.75 Å². The summed E-state index contributed by atoms with van der Waals surface area (Å²) in [5.74, 6) is 1.50. The van der Waals surface area contributed by atoms with Crippen molar-refractivity contribution in [3.05, 3.63) is 41.2 Å². The summed E-state index contributed by atoms with van der Waals surface area (Å²) in [5, 5.41) is 8.11. The zero-order chi connectivity index (χ0) is 14.4. The Labute approximate surface area is 124 Å². The smallest absolute Gasteiger partial charge is 0.119 e. The van der Waals surface area contributed by atoms with Crippen molar-refractivity contribution in [2.24, 2.45) is 0 Å². The third-order valence-corrected chi connectivity index (χ3v) is 3.40. The second-order valence-electron chi connectivity index (χ2n) is 4.86. The molecule has 0 saturated carbocycles. The monoisotopic (exact) mass is 293 g/mol. The van der Waals surface area contributed by atoms with Crippen LogP contribution in [0.3, 0.4) is 0 Å². The maximum atomic E-state index is 5.74. The van der Waals surface area contributed by atoms with E-state index in [1.165, 1.54) is 11.1 Å². The van der Waals surface area contributed by atoms with Crippen LogP contribution in [0.15, 0.2) is 24.4 Å². The van der Waals surface area contributed by atoms with Gasteiger partial charge in [-0.05, 0) is 37.1 Å². The lowest BCUT2D eigenvalue weighted by molar-refractivity contribution is 0.297. The number of ether oxygens (including phenoxy) is 1. The molecule has 1 aromatic carbocycles. The molecule has 0 atom stereocenters. The number of nitrogens with zero attached hydrogens (tertiary/aromatic N) is 3. The van der Waals surface area contributed by atoms with Gasteiger partial charge in [0.2, 0.25) is 0 Å². The van der Waals surface area contributed by atoms with Crippen molar-refractivity contribution in [1.29, 1.82) is 0 Å². The molecule has 0 aliphatic carbocycles. The third kappa shape index (κ3) is 4.23. The molecule has 108 valence electrons. The summed E-state index contributed by atoms with van der Waals surface area (Å²) in [4.78, 5) is 0. The highest BCUT2D eigenvalue weighted by molar-refractivity contribution is 6.17. The van der Waals surface area contributed by atoms with Crippen LogP contribution in [-0.2, 0) is 13.0 Å². The molecule has 0 aliphatic rings. The van der Waals surface area contributed by atoms with Crippen molar-refractivity contribution in [3.8, 4) is 5.75 Å². The molecule has 0 saturated heterocycles. The van der Waals surface area contributed by atoms with Gasteiger partial charge in [0.05, 0.1) is 12.3 Å². The van der Waals surface area contributed by atoms with E-state index in [0.29, 0.717) is 12.5 Å². The van der Waals surface area contributed by atoms with Gasteiger partial charge in [-0.2, -0.15) is 0 Å². The molecule has 0 fully saturated rings. The van der Waals surface area contributed by atoms with E-state index >= 15 is 0 Å². The highest BCUT2D eigenvalue weighted by Gasteiger charge is 2.01. The number of hydrogen-bond donors (Lipinski definition) is 0. The summed E-state index contributed by atoms with van der Waals surface area (Å²) in [5.41, 5.74) is 3.48. The number of halogens is 1. The Kier molecular flexibility index (Phi) is 5.41. The minimum Gasteiger partial charge on any atom is -0.494 e. The van der Waals surface area contributed by atoms with E-state index < -0.39 is 0 Å². The van der Waals surface area contributed by atoms with E-state index in [-0.39, 0.29) is 0 Å². The highest BCUT2D eigenvalue weighted by Crippen LogP contribution is 2.16. The summed E-state index contributed by atoms with van der Waals surface area (Å²) in [6.45, 7) is 5.67. The fourth-order valence-corrected chi connectivity index (χ4v) is 2.07. The second-order valence-corrected chi connectivity index (χ2v) is 5.24. The number of aromatic nitrogens is 3. The zero-order valence-corrected chi connectivity index (χ0v) is 12.7. The van der Waals surface area contributed by atoms with Crippen LogP contribution in [0.2, 0.25) is 0 Å². The molecule has 1 heterocycles. The van der Waals surface area contributed by atoms with Crippen molar-refractivity contribution in [2.45, 2.75) is 33.2 Å². The number of alkyl halides is 1. The molecule has 0 N–H and O–H groups in total. The van der Waals surface area contributed by atoms with E-state index in [2.05, 4.69) is 36.3 Å². The summed E-state index contributed by atoms with van der Waals surface area (Å²) < 4.78 is 7.57. The van der Waals surface area contributed by atoms with E-state index in [1.807, 2.05) is 16.9 Å². The number of rotatable bonds is 7. The average molecular weight is 294 g/mol. The Hall–Kier alpha value is -1.55. The van der Waals surface area contributed by atoms with Gasteiger partial charge in [-0.25, -0.2) is 0 Å². The van der Waals surface area contributed by atoms with Gasteiger partial charge in [0.25, 0.3) is 0 Å². The largest absolute Gasteiger partial charge is 0.494 e. The Balaban J connectivity index is 1.74. The molecule has 0 amide bonds. The lowest BCUT2D eigenvalue weighted by atomic mass is 10.1. The summed E-state index contributed by atoms with van der Waals surface area (Å²) in [6.07, 6.45) is 3.61. The molecule has 0 spiro atoms. The predicted octanol–water partition coefficient (Wildman–Crippen LogP) is 3.15. The fraction of sp³-hybridized carbons (Fsp3) is 0.467. The lowest BCUT2D eigenvalue weighted by Crippen LogP contribution is -2.05. The summed E-state index contributed by atoms with van der Waals surface area (Å²) in [7, 11) is 0. The fourth-order valence-electron chi connectivity index (χ4n) is 1.88. The minimum atomic E-state index is 0.578. The van der Waals surface area contributed by atoms with Crippen LogP contribution in [-0.4, -0.2) is 27.5 Å². The van der Waals surface area contributed by atoms with Gasteiger partial charge in [0.1, 0.15) is 5.75 Å². The molecule has 0 unspecified atom stereocenters. The van der Waals surface area contributed by atoms with Crippen LogP contribution in [0, 0.1) is 13.8 Å². The number of benzene rings is 1. The maximum Gasteiger partial charge on any atom is 0.119 e. The Bertz CT molecular complexity index is 554. The highest BCUT2D eigenvalue weighted by atomic mass is 35.5. The first kappa shape index (κ1) is 14.9. The standard InChI is InChI=1S/C15H20ClN3O/c1-12-4-5-15(10-13(12)2)20-9-3-8-19-11-14(6-7-16)17-18-19/h4-5,10-11H,3,6-9H2,1-2H3. The van der Waals surface area contributed by atoms with Crippen molar-refractivity contribution < 1.29 is 4.74 Å². The molecular formula is C15H20ClN3O. The molecule has 0 aliphatic heterocycles. The molecule has 20 heavy (non-hydrogen) atoms. The van der Waals surface area contributed by atoms with Crippen LogP contribution < -0.4 is 4.74 Å². The normalized spacial score (nSPS) is 10.8. The third-order valence-electron chi connectivity index (χ3n) is 3.22. The van der Waals surface area contributed by atoms with Crippen molar-refractivity contribution in [1.82, 2.24) is 15.0 Å². The lowest BCUT2D eigenvalue weighted by Gasteiger charge is -2.08. The van der Waals surface area contributed by atoms with Crippen LogP contribution in [0.1, 0.15) is 23.2 Å². The minimum absolute atomic E-state index is 0.578. The molecule has 1 aromatic heterocycles. The second kappa shape index (κ2) is 7.29. The van der Waals surface area contributed by atoms with E-state index in [0.717, 1.165) is 30.8 Å². The molecule has 4 nitrogen and oxygen atoms in total. The molecule has 2 aromatic rings. The van der Waals surface area contributed by atoms with Gasteiger partial charge in [-0.15, -0.1) is 16.7 Å². The molecular weight excluding hydrogens is 274 g/mol. The average Bonchev–Trinajstić information content (AvgIpc) is 2.87. The first-order valence-corrected chi connectivity index (χ1v) is 7.37. The molecule has 0 radical (unpaired) electrons. The van der Waals surface area contributed by atoms with Gasteiger partial charge in [-0.3, -0.25) is 4.68 Å². The van der Waals surface area contributed by atoms with Gasteiger partial charge < -0.3 is 4.74 Å². The van der Waals surface area contributed by atoms with Gasteiger partial charge in [0, 0.05) is 31.5 Å². The first-order valence-electron chi connectivity index (χ1n) is 6.84. The van der Waals surface area contributed by atoms with Crippen LogP contribution in [0.4, 0.5) is 0 Å². The Morgan fingerprint density at radius 3 is 2.85 bits per heavy atom. The van der Waals surface area contributed by atoms with Gasteiger partial charge >= 0.3 is 0 Å². The van der Waals surface area contributed by atoms with E-state index in [4.69, 9.17) is 16.3 Å². The Morgan fingerprint density at radius 2 is 2.10 bits per heavy atom. The number of hydrogen-bond acceptors (Lipinski definition) is 3. The summed E-state index contributed by atoms with van der Waals surface area (Å²) >= 11 is 5.67. The molecule has 2 rings (SSSR count). The van der Waals surface area contributed by atoms with Crippen molar-refractivity contribution in [2.75, 3.05) is 12.5 Å². The predicted molar refractivity (Wildman–Crippen MR) is 80.5 cm³/mol.